The van der Waals surface area contributed by atoms with E-state index in [2.05, 4.69) is 10.2 Å². The van der Waals surface area contributed by atoms with Crippen LogP contribution in [0.4, 0.5) is 11.4 Å². The minimum absolute atomic E-state index is 0.170. The van der Waals surface area contributed by atoms with Crippen LogP contribution < -0.4 is 16.0 Å². The van der Waals surface area contributed by atoms with Crippen LogP contribution in [0.5, 0.6) is 0 Å². The van der Waals surface area contributed by atoms with E-state index in [1.807, 2.05) is 24.3 Å². The largest absolute Gasteiger partial charge is 0.372 e. The molecule has 0 radical (unpaired) electrons. The number of anilines is 2. The number of carbonyl (C=O) groups is 1. The standard InChI is InChI=1S/C14H21N3O/c1-14(2,15)13(18)16-11-5-7-12(8-6-11)17-9-3-4-10-17/h5-8H,3-4,9-10,15H2,1-2H3,(H,16,18). The minimum atomic E-state index is -0.854. The van der Waals surface area contributed by atoms with E-state index in [9.17, 15) is 4.79 Å². The summed E-state index contributed by atoms with van der Waals surface area (Å²) >= 11 is 0. The van der Waals surface area contributed by atoms with Crippen molar-refractivity contribution >= 4 is 17.3 Å². The van der Waals surface area contributed by atoms with Gasteiger partial charge in [-0.3, -0.25) is 4.79 Å². The summed E-state index contributed by atoms with van der Waals surface area (Å²) in [6, 6.07) is 7.95. The van der Waals surface area contributed by atoms with Gasteiger partial charge in [0.1, 0.15) is 0 Å². The minimum Gasteiger partial charge on any atom is -0.372 e. The quantitative estimate of drug-likeness (QED) is 0.858. The molecule has 1 aliphatic heterocycles. The number of nitrogens with two attached hydrogens (primary N) is 1. The summed E-state index contributed by atoms with van der Waals surface area (Å²) in [7, 11) is 0. The van der Waals surface area contributed by atoms with Crippen molar-refractivity contribution in [1.82, 2.24) is 0 Å². The van der Waals surface area contributed by atoms with Crippen molar-refractivity contribution in [1.29, 1.82) is 0 Å². The number of rotatable bonds is 3. The Morgan fingerprint density at radius 2 is 1.78 bits per heavy atom. The number of nitrogens with one attached hydrogen (secondary N) is 1. The molecular formula is C14H21N3O. The summed E-state index contributed by atoms with van der Waals surface area (Å²) in [4.78, 5) is 14.1. The van der Waals surface area contributed by atoms with Gasteiger partial charge in [0.15, 0.2) is 0 Å². The van der Waals surface area contributed by atoms with Gasteiger partial charge in [-0.2, -0.15) is 0 Å². The molecule has 4 nitrogen and oxygen atoms in total. The summed E-state index contributed by atoms with van der Waals surface area (Å²) in [6.07, 6.45) is 2.53. The Hall–Kier alpha value is -1.55. The molecule has 1 amide bonds. The second kappa shape index (κ2) is 4.98. The lowest BCUT2D eigenvalue weighted by Gasteiger charge is -2.20. The van der Waals surface area contributed by atoms with Crippen LogP contribution in [0.2, 0.25) is 0 Å². The molecule has 1 aliphatic rings. The second-order valence-corrected chi connectivity index (χ2v) is 5.42. The maximum absolute atomic E-state index is 11.7. The Kier molecular flexibility index (Phi) is 3.57. The Labute approximate surface area is 108 Å². The van der Waals surface area contributed by atoms with Crippen molar-refractivity contribution in [2.45, 2.75) is 32.2 Å². The molecule has 0 saturated carbocycles. The van der Waals surface area contributed by atoms with E-state index in [4.69, 9.17) is 5.73 Å². The zero-order valence-electron chi connectivity index (χ0n) is 11.1. The van der Waals surface area contributed by atoms with Crippen LogP contribution in [0.3, 0.4) is 0 Å². The number of hydrogen-bond acceptors (Lipinski definition) is 3. The maximum Gasteiger partial charge on any atom is 0.243 e. The summed E-state index contributed by atoms with van der Waals surface area (Å²) in [5, 5.41) is 2.82. The third-order valence-electron chi connectivity index (χ3n) is 3.18. The van der Waals surface area contributed by atoms with Gasteiger partial charge in [0.05, 0.1) is 5.54 Å². The summed E-state index contributed by atoms with van der Waals surface area (Å²) < 4.78 is 0. The second-order valence-electron chi connectivity index (χ2n) is 5.42. The SMILES string of the molecule is CC(C)(N)C(=O)Nc1ccc(N2CCCC2)cc1. The van der Waals surface area contributed by atoms with Crippen molar-refractivity contribution in [2.24, 2.45) is 5.73 Å². The number of hydrogen-bond donors (Lipinski definition) is 2. The molecule has 1 aromatic carbocycles. The van der Waals surface area contributed by atoms with E-state index in [1.165, 1.54) is 18.5 Å². The monoisotopic (exact) mass is 247 g/mol. The highest BCUT2D eigenvalue weighted by molar-refractivity contribution is 5.97. The van der Waals surface area contributed by atoms with Gasteiger partial charge in [-0.25, -0.2) is 0 Å². The first-order chi connectivity index (χ1) is 8.47. The fourth-order valence-electron chi connectivity index (χ4n) is 2.02. The third-order valence-corrected chi connectivity index (χ3v) is 3.18. The molecule has 1 aromatic rings. The van der Waals surface area contributed by atoms with E-state index >= 15 is 0 Å². The molecule has 0 spiro atoms. The van der Waals surface area contributed by atoms with Gasteiger partial charge in [-0.1, -0.05) is 0 Å². The maximum atomic E-state index is 11.7. The summed E-state index contributed by atoms with van der Waals surface area (Å²) in [6.45, 7) is 5.64. The van der Waals surface area contributed by atoms with Gasteiger partial charge in [0.25, 0.3) is 0 Å². The van der Waals surface area contributed by atoms with Crippen LogP contribution in [0.1, 0.15) is 26.7 Å². The van der Waals surface area contributed by atoms with Crippen LogP contribution in [-0.4, -0.2) is 24.5 Å². The molecule has 4 heteroatoms. The van der Waals surface area contributed by atoms with Crippen molar-refractivity contribution < 1.29 is 4.79 Å². The fraction of sp³-hybridized carbons (Fsp3) is 0.500. The predicted molar refractivity (Wildman–Crippen MR) is 74.8 cm³/mol. The van der Waals surface area contributed by atoms with Gasteiger partial charge >= 0.3 is 0 Å². The number of amides is 1. The molecule has 0 aliphatic carbocycles. The molecule has 3 N–H and O–H groups in total. The van der Waals surface area contributed by atoms with Crippen molar-refractivity contribution in [3.05, 3.63) is 24.3 Å². The lowest BCUT2D eigenvalue weighted by molar-refractivity contribution is -0.120. The summed E-state index contributed by atoms with van der Waals surface area (Å²) in [5.74, 6) is -0.170. The highest BCUT2D eigenvalue weighted by Gasteiger charge is 2.21. The van der Waals surface area contributed by atoms with Gasteiger partial charge in [0.2, 0.25) is 5.91 Å². The van der Waals surface area contributed by atoms with Crippen LogP contribution >= 0.6 is 0 Å². The number of benzene rings is 1. The third kappa shape index (κ3) is 3.01. The van der Waals surface area contributed by atoms with Gasteiger partial charge in [-0.05, 0) is 51.0 Å². The predicted octanol–water partition coefficient (Wildman–Crippen LogP) is 1.96. The molecule has 98 valence electrons. The Morgan fingerprint density at radius 3 is 2.28 bits per heavy atom. The van der Waals surface area contributed by atoms with Crippen molar-refractivity contribution in [3.63, 3.8) is 0 Å². The first kappa shape index (κ1) is 12.9. The topological polar surface area (TPSA) is 58.4 Å². The molecule has 0 aromatic heterocycles. The van der Waals surface area contributed by atoms with Crippen LogP contribution in [-0.2, 0) is 4.79 Å². The first-order valence-corrected chi connectivity index (χ1v) is 6.42. The van der Waals surface area contributed by atoms with Gasteiger partial charge in [0, 0.05) is 24.5 Å². The van der Waals surface area contributed by atoms with E-state index in [0.717, 1.165) is 18.8 Å². The van der Waals surface area contributed by atoms with E-state index in [-0.39, 0.29) is 5.91 Å². The van der Waals surface area contributed by atoms with E-state index < -0.39 is 5.54 Å². The molecule has 0 atom stereocenters. The van der Waals surface area contributed by atoms with E-state index in [1.54, 1.807) is 13.8 Å². The van der Waals surface area contributed by atoms with Crippen molar-refractivity contribution in [2.75, 3.05) is 23.3 Å². The zero-order chi connectivity index (χ0) is 13.2. The highest BCUT2D eigenvalue weighted by Crippen LogP contribution is 2.22. The molecule has 1 fully saturated rings. The first-order valence-electron chi connectivity index (χ1n) is 6.42. The average molecular weight is 247 g/mol. The fourth-order valence-corrected chi connectivity index (χ4v) is 2.02. The molecule has 1 heterocycles. The summed E-state index contributed by atoms with van der Waals surface area (Å²) in [5.41, 5.74) is 6.90. The molecule has 2 rings (SSSR count). The Morgan fingerprint density at radius 1 is 1.22 bits per heavy atom. The Balaban J connectivity index is 2.01. The van der Waals surface area contributed by atoms with Crippen molar-refractivity contribution in [3.8, 4) is 0 Å². The lowest BCUT2D eigenvalue weighted by atomic mass is 10.1. The molecule has 18 heavy (non-hydrogen) atoms. The highest BCUT2D eigenvalue weighted by atomic mass is 16.2. The number of carbonyl (C=O) groups excluding carboxylic acids is 1. The van der Waals surface area contributed by atoms with Crippen LogP contribution in [0.15, 0.2) is 24.3 Å². The average Bonchev–Trinajstić information content (AvgIpc) is 2.82. The molecule has 1 saturated heterocycles. The molecule has 0 unspecified atom stereocenters. The molecule has 0 bridgehead atoms. The smallest absolute Gasteiger partial charge is 0.243 e. The molecular weight excluding hydrogens is 226 g/mol. The lowest BCUT2D eigenvalue weighted by Crippen LogP contribution is -2.45. The normalized spacial score (nSPS) is 15.8. The number of nitrogens with zero attached hydrogens (tertiary/aromatic N) is 1. The van der Waals surface area contributed by atoms with Crippen LogP contribution in [0, 0.1) is 0 Å². The Bertz CT molecular complexity index is 414. The van der Waals surface area contributed by atoms with Crippen LogP contribution in [0.25, 0.3) is 0 Å². The zero-order valence-corrected chi connectivity index (χ0v) is 11.1. The van der Waals surface area contributed by atoms with Gasteiger partial charge < -0.3 is 16.0 Å². The van der Waals surface area contributed by atoms with Gasteiger partial charge in [-0.15, -0.1) is 0 Å². The van der Waals surface area contributed by atoms with E-state index in [0.29, 0.717) is 0 Å².